The van der Waals surface area contributed by atoms with Crippen molar-refractivity contribution in [2.24, 2.45) is 0 Å². The van der Waals surface area contributed by atoms with Crippen LogP contribution in [0.25, 0.3) is 0 Å². The minimum Gasteiger partial charge on any atom is -0.289 e. The van der Waals surface area contributed by atoms with E-state index in [1.54, 1.807) is 5.48 Å². The van der Waals surface area contributed by atoms with Crippen molar-refractivity contribution in [1.29, 1.82) is 0 Å². The van der Waals surface area contributed by atoms with Crippen LogP contribution in [-0.2, 0) is 17.6 Å². The molecule has 116 valence electrons. The van der Waals surface area contributed by atoms with Gasteiger partial charge in [0.05, 0.1) is 6.42 Å². The Morgan fingerprint density at radius 1 is 1.05 bits per heavy atom. The Bertz CT molecular complexity index is 584. The first-order chi connectivity index (χ1) is 10.7. The van der Waals surface area contributed by atoms with Crippen molar-refractivity contribution in [3.63, 3.8) is 0 Å². The molecule has 0 radical (unpaired) electrons. The van der Waals surface area contributed by atoms with Crippen molar-refractivity contribution in [3.05, 3.63) is 71.3 Å². The molecule has 2 rings (SSSR count). The van der Waals surface area contributed by atoms with Gasteiger partial charge in [-0.1, -0.05) is 54.6 Å². The Morgan fingerprint density at radius 3 is 2.32 bits per heavy atom. The topological polar surface area (TPSA) is 49.3 Å². The Hall–Kier alpha value is -2.20. The summed E-state index contributed by atoms with van der Waals surface area (Å²) in [7, 11) is 0. The van der Waals surface area contributed by atoms with E-state index in [-0.39, 0.29) is 6.42 Å². The molecule has 0 saturated carbocycles. The highest BCUT2D eigenvalue weighted by Crippen LogP contribution is 2.23. The van der Waals surface area contributed by atoms with Gasteiger partial charge < -0.3 is 0 Å². The molecular weight excluding hydrogens is 281 g/mol. The van der Waals surface area contributed by atoms with Crippen LogP contribution in [-0.4, -0.2) is 11.1 Å². The highest BCUT2D eigenvalue weighted by Gasteiger charge is 2.08. The van der Waals surface area contributed by atoms with Crippen molar-refractivity contribution in [3.8, 4) is 0 Å². The van der Waals surface area contributed by atoms with Gasteiger partial charge in [0.25, 0.3) is 0 Å². The summed E-state index contributed by atoms with van der Waals surface area (Å²) in [5.41, 5.74) is 4.29. The molecule has 0 aliphatic rings. The average molecular weight is 301 g/mol. The predicted octanol–water partition coefficient (Wildman–Crippen LogP) is 3.77. The van der Waals surface area contributed by atoms with E-state index in [2.05, 4.69) is 0 Å². The van der Waals surface area contributed by atoms with E-state index in [9.17, 15) is 9.18 Å². The molecule has 4 heteroatoms. The summed E-state index contributed by atoms with van der Waals surface area (Å²) >= 11 is 0. The SMILES string of the molecule is O=C(Cc1ccc(CCCC(F)c2ccccc2)cc1)NO. The molecular formula is C18H20FNO2. The number of nitrogens with one attached hydrogen (secondary N) is 1. The second-order valence-electron chi connectivity index (χ2n) is 5.30. The number of hydrogen-bond donors (Lipinski definition) is 2. The maximum atomic E-state index is 14.0. The highest BCUT2D eigenvalue weighted by atomic mass is 19.1. The molecule has 1 unspecified atom stereocenters. The lowest BCUT2D eigenvalue weighted by molar-refractivity contribution is -0.128. The minimum absolute atomic E-state index is 0.150. The average Bonchev–Trinajstić information content (AvgIpc) is 2.57. The smallest absolute Gasteiger partial charge is 0.247 e. The van der Waals surface area contributed by atoms with Gasteiger partial charge in [0.1, 0.15) is 6.17 Å². The zero-order chi connectivity index (χ0) is 15.8. The third kappa shape index (κ3) is 4.97. The lowest BCUT2D eigenvalue weighted by Crippen LogP contribution is -2.20. The van der Waals surface area contributed by atoms with E-state index in [0.717, 1.165) is 29.5 Å². The van der Waals surface area contributed by atoms with Crippen LogP contribution in [0.4, 0.5) is 4.39 Å². The van der Waals surface area contributed by atoms with Gasteiger partial charge >= 0.3 is 0 Å². The molecule has 0 bridgehead atoms. The van der Waals surface area contributed by atoms with Crippen LogP contribution in [0.5, 0.6) is 0 Å². The van der Waals surface area contributed by atoms with Gasteiger partial charge in [-0.25, -0.2) is 9.87 Å². The first kappa shape index (κ1) is 16.2. The van der Waals surface area contributed by atoms with E-state index in [1.165, 1.54) is 0 Å². The number of alkyl halides is 1. The molecule has 2 N–H and O–H groups in total. The van der Waals surface area contributed by atoms with Crippen LogP contribution in [0, 0.1) is 0 Å². The second-order valence-corrected chi connectivity index (χ2v) is 5.30. The number of hydroxylamine groups is 1. The predicted molar refractivity (Wildman–Crippen MR) is 83.3 cm³/mol. The number of halogens is 1. The molecule has 0 fully saturated rings. The lowest BCUT2D eigenvalue weighted by Gasteiger charge is -2.08. The molecule has 0 aliphatic heterocycles. The maximum absolute atomic E-state index is 14.0. The molecule has 3 nitrogen and oxygen atoms in total. The van der Waals surface area contributed by atoms with Gasteiger partial charge in [0.2, 0.25) is 5.91 Å². The van der Waals surface area contributed by atoms with Crippen molar-refractivity contribution in [2.75, 3.05) is 0 Å². The Kier molecular flexibility index (Phi) is 6.10. The first-order valence-corrected chi connectivity index (χ1v) is 7.39. The third-order valence-electron chi connectivity index (χ3n) is 3.60. The fourth-order valence-corrected chi connectivity index (χ4v) is 2.36. The number of benzene rings is 2. The van der Waals surface area contributed by atoms with Crippen molar-refractivity contribution in [2.45, 2.75) is 31.9 Å². The number of rotatable bonds is 7. The van der Waals surface area contributed by atoms with Gasteiger partial charge in [-0.05, 0) is 36.0 Å². The number of carbonyl (C=O) groups is 1. The number of amides is 1. The van der Waals surface area contributed by atoms with Gasteiger partial charge in [0, 0.05) is 0 Å². The number of aryl methyl sites for hydroxylation is 1. The second kappa shape index (κ2) is 8.29. The van der Waals surface area contributed by atoms with Gasteiger partial charge in [-0.15, -0.1) is 0 Å². The van der Waals surface area contributed by atoms with Crippen LogP contribution in [0.3, 0.4) is 0 Å². The van der Waals surface area contributed by atoms with Crippen LogP contribution in [0.15, 0.2) is 54.6 Å². The van der Waals surface area contributed by atoms with E-state index in [0.29, 0.717) is 6.42 Å². The summed E-state index contributed by atoms with van der Waals surface area (Å²) in [5.74, 6) is -0.434. The van der Waals surface area contributed by atoms with Crippen LogP contribution in [0.1, 0.15) is 35.7 Å². The van der Waals surface area contributed by atoms with Gasteiger partial charge in [-0.3, -0.25) is 10.0 Å². The van der Waals surface area contributed by atoms with E-state index >= 15 is 0 Å². The zero-order valence-electron chi connectivity index (χ0n) is 12.3. The third-order valence-corrected chi connectivity index (χ3v) is 3.60. The Labute approximate surface area is 129 Å². The largest absolute Gasteiger partial charge is 0.289 e. The minimum atomic E-state index is -0.922. The highest BCUT2D eigenvalue weighted by molar-refractivity contribution is 5.77. The van der Waals surface area contributed by atoms with Crippen LogP contribution < -0.4 is 5.48 Å². The van der Waals surface area contributed by atoms with E-state index in [1.807, 2.05) is 54.6 Å². The standard InChI is InChI=1S/C18H20FNO2/c19-17(16-6-2-1-3-7-16)8-4-5-14-9-11-15(12-10-14)13-18(21)20-22/h1-3,6-7,9-12,17,22H,4-5,8,13H2,(H,20,21). The number of hydrogen-bond acceptors (Lipinski definition) is 2. The van der Waals surface area contributed by atoms with Crippen molar-refractivity contribution >= 4 is 5.91 Å². The fourth-order valence-electron chi connectivity index (χ4n) is 2.36. The lowest BCUT2D eigenvalue weighted by atomic mass is 10.0. The van der Waals surface area contributed by atoms with Crippen molar-refractivity contribution < 1.29 is 14.4 Å². The molecule has 1 atom stereocenters. The normalized spacial score (nSPS) is 11.9. The maximum Gasteiger partial charge on any atom is 0.247 e. The molecule has 0 saturated heterocycles. The van der Waals surface area contributed by atoms with Gasteiger partial charge in [-0.2, -0.15) is 0 Å². The zero-order valence-corrected chi connectivity index (χ0v) is 12.3. The van der Waals surface area contributed by atoms with Gasteiger partial charge in [0.15, 0.2) is 0 Å². The van der Waals surface area contributed by atoms with Crippen molar-refractivity contribution in [1.82, 2.24) is 5.48 Å². The molecule has 2 aromatic rings. The summed E-state index contributed by atoms with van der Waals surface area (Å²) in [4.78, 5) is 11.0. The Morgan fingerprint density at radius 2 is 1.68 bits per heavy atom. The molecule has 0 spiro atoms. The Balaban J connectivity index is 1.78. The fraction of sp³-hybridized carbons (Fsp3) is 0.278. The summed E-state index contributed by atoms with van der Waals surface area (Å²) in [6, 6.07) is 16.8. The first-order valence-electron chi connectivity index (χ1n) is 7.39. The van der Waals surface area contributed by atoms with Crippen LogP contribution in [0.2, 0.25) is 0 Å². The summed E-state index contributed by atoms with van der Waals surface area (Å²) in [6.45, 7) is 0. The molecule has 0 aliphatic carbocycles. The van der Waals surface area contributed by atoms with E-state index in [4.69, 9.17) is 5.21 Å². The number of carbonyl (C=O) groups excluding carboxylic acids is 1. The quantitative estimate of drug-likeness (QED) is 0.604. The van der Waals surface area contributed by atoms with E-state index < -0.39 is 12.1 Å². The molecule has 22 heavy (non-hydrogen) atoms. The summed E-state index contributed by atoms with van der Waals surface area (Å²) in [5, 5.41) is 8.48. The summed E-state index contributed by atoms with van der Waals surface area (Å²) < 4.78 is 14.0. The summed E-state index contributed by atoms with van der Waals surface area (Å²) in [6.07, 6.45) is 1.30. The molecule has 0 heterocycles. The molecule has 1 amide bonds. The monoisotopic (exact) mass is 301 g/mol. The van der Waals surface area contributed by atoms with Crippen LogP contribution >= 0.6 is 0 Å². The molecule has 2 aromatic carbocycles. The molecule has 0 aromatic heterocycles.